The van der Waals surface area contributed by atoms with Crippen LogP contribution in [0.25, 0.3) is 0 Å². The van der Waals surface area contributed by atoms with Crippen molar-refractivity contribution < 1.29 is 19.0 Å². The maximum atomic E-state index is 11.8. The third kappa shape index (κ3) is 2.74. The Morgan fingerprint density at radius 3 is 2.55 bits per heavy atom. The average molecular weight is 270 g/mol. The van der Waals surface area contributed by atoms with Gasteiger partial charge in [0, 0.05) is 0 Å². The Kier molecular flexibility index (Phi) is 3.54. The van der Waals surface area contributed by atoms with E-state index >= 15 is 0 Å². The van der Waals surface area contributed by atoms with Gasteiger partial charge in [0.25, 0.3) is 0 Å². The van der Waals surface area contributed by atoms with Crippen LogP contribution < -0.4 is 9.47 Å². The molecule has 0 radical (unpaired) electrons. The summed E-state index contributed by atoms with van der Waals surface area (Å²) in [6.07, 6.45) is -0.280. The largest absolute Gasteiger partial charge is 0.486 e. The van der Waals surface area contributed by atoms with E-state index in [1.165, 1.54) is 0 Å². The van der Waals surface area contributed by atoms with E-state index in [0.29, 0.717) is 17.9 Å². The average Bonchev–Trinajstić information content (AvgIpc) is 2.53. The zero-order valence-corrected chi connectivity index (χ0v) is 10.8. The van der Waals surface area contributed by atoms with Crippen LogP contribution in [0.4, 0.5) is 0 Å². The molecule has 0 saturated heterocycles. The monoisotopic (exact) mass is 270 g/mol. The zero-order valence-electron chi connectivity index (χ0n) is 10.8. The molecule has 1 aliphatic rings. The lowest BCUT2D eigenvalue weighted by atomic mass is 10.2. The molecule has 0 aliphatic carbocycles. The number of ether oxygens (including phenoxy) is 3. The number of benzene rings is 2. The highest BCUT2D eigenvalue weighted by Gasteiger charge is 2.22. The number of para-hydroxylation sites is 2. The van der Waals surface area contributed by atoms with Crippen LogP contribution in [0.15, 0.2) is 54.6 Å². The van der Waals surface area contributed by atoms with Crippen molar-refractivity contribution in [2.75, 3.05) is 13.2 Å². The number of carbonyl (C=O) groups is 1. The van der Waals surface area contributed by atoms with E-state index in [9.17, 15) is 4.79 Å². The van der Waals surface area contributed by atoms with Gasteiger partial charge in [-0.05, 0) is 24.3 Å². The Balaban J connectivity index is 1.57. The number of hydrogen-bond donors (Lipinski definition) is 0. The second-order valence-corrected chi connectivity index (χ2v) is 4.46. The molecule has 3 rings (SSSR count). The number of fused-ring (bicyclic) bond motifs is 1. The molecule has 2 aromatic carbocycles. The van der Waals surface area contributed by atoms with Gasteiger partial charge in [0.15, 0.2) is 17.6 Å². The van der Waals surface area contributed by atoms with E-state index in [0.717, 1.165) is 5.75 Å². The lowest BCUT2D eigenvalue weighted by molar-refractivity contribution is 0.0110. The molecule has 1 aliphatic heterocycles. The molecule has 0 spiro atoms. The Bertz CT molecular complexity index is 594. The van der Waals surface area contributed by atoms with Gasteiger partial charge >= 0.3 is 5.97 Å². The van der Waals surface area contributed by atoms with Crippen molar-refractivity contribution in [1.82, 2.24) is 0 Å². The lowest BCUT2D eigenvalue weighted by Gasteiger charge is -2.26. The Morgan fingerprint density at radius 1 is 1.05 bits per heavy atom. The number of esters is 1. The quantitative estimate of drug-likeness (QED) is 0.804. The van der Waals surface area contributed by atoms with Gasteiger partial charge in [-0.25, -0.2) is 4.79 Å². The minimum atomic E-state index is -0.354. The molecule has 102 valence electrons. The van der Waals surface area contributed by atoms with Crippen molar-refractivity contribution in [1.29, 1.82) is 0 Å². The van der Waals surface area contributed by atoms with Gasteiger partial charge in [0.1, 0.15) is 13.2 Å². The summed E-state index contributed by atoms with van der Waals surface area (Å²) in [5.74, 6) is 1.05. The highest BCUT2D eigenvalue weighted by Crippen LogP contribution is 2.30. The Morgan fingerprint density at radius 2 is 1.75 bits per heavy atom. The number of rotatable bonds is 3. The van der Waals surface area contributed by atoms with Crippen molar-refractivity contribution in [3.05, 3.63) is 60.2 Å². The van der Waals surface area contributed by atoms with E-state index in [4.69, 9.17) is 14.2 Å². The van der Waals surface area contributed by atoms with E-state index in [2.05, 4.69) is 0 Å². The van der Waals surface area contributed by atoms with Crippen LogP contribution in [0.2, 0.25) is 0 Å². The summed E-state index contributed by atoms with van der Waals surface area (Å²) in [4.78, 5) is 11.8. The summed E-state index contributed by atoms with van der Waals surface area (Å²) in [6, 6.07) is 16.3. The van der Waals surface area contributed by atoms with E-state index in [-0.39, 0.29) is 18.7 Å². The highest BCUT2D eigenvalue weighted by atomic mass is 16.6. The number of hydrogen-bond acceptors (Lipinski definition) is 4. The molecule has 0 fully saturated rings. The van der Waals surface area contributed by atoms with Crippen LogP contribution >= 0.6 is 0 Å². The third-order valence-corrected chi connectivity index (χ3v) is 2.98. The summed E-state index contributed by atoms with van der Waals surface area (Å²) < 4.78 is 16.5. The van der Waals surface area contributed by atoms with Crippen molar-refractivity contribution in [2.45, 2.75) is 6.10 Å². The topological polar surface area (TPSA) is 44.8 Å². The second kappa shape index (κ2) is 5.65. The first-order valence-electron chi connectivity index (χ1n) is 6.43. The Hall–Kier alpha value is -2.49. The highest BCUT2D eigenvalue weighted by molar-refractivity contribution is 5.89. The molecule has 0 aromatic heterocycles. The molecule has 1 atom stereocenters. The van der Waals surface area contributed by atoms with Crippen LogP contribution in [-0.2, 0) is 4.74 Å². The van der Waals surface area contributed by atoms with E-state index < -0.39 is 0 Å². The first-order valence-corrected chi connectivity index (χ1v) is 6.43. The second-order valence-electron chi connectivity index (χ2n) is 4.46. The maximum Gasteiger partial charge on any atom is 0.338 e. The van der Waals surface area contributed by atoms with Crippen LogP contribution in [0.5, 0.6) is 11.5 Å². The van der Waals surface area contributed by atoms with Gasteiger partial charge in [0.05, 0.1) is 5.56 Å². The third-order valence-electron chi connectivity index (χ3n) is 2.98. The molecule has 0 saturated carbocycles. The molecule has 0 N–H and O–H groups in total. The first-order chi connectivity index (χ1) is 9.83. The van der Waals surface area contributed by atoms with Crippen molar-refractivity contribution in [3.63, 3.8) is 0 Å². The lowest BCUT2D eigenvalue weighted by Crippen LogP contribution is -2.34. The van der Waals surface area contributed by atoms with Crippen molar-refractivity contribution in [3.8, 4) is 11.5 Å². The Labute approximate surface area is 116 Å². The summed E-state index contributed by atoms with van der Waals surface area (Å²) in [7, 11) is 0. The SMILES string of the molecule is O=C(OCC1COc2ccccc2O1)c1ccccc1. The fourth-order valence-corrected chi connectivity index (χ4v) is 1.97. The van der Waals surface area contributed by atoms with Crippen LogP contribution in [-0.4, -0.2) is 25.3 Å². The van der Waals surface area contributed by atoms with E-state index in [1.54, 1.807) is 24.3 Å². The van der Waals surface area contributed by atoms with E-state index in [1.807, 2.05) is 30.3 Å². The smallest absolute Gasteiger partial charge is 0.338 e. The molecule has 1 unspecified atom stereocenters. The predicted octanol–water partition coefficient (Wildman–Crippen LogP) is 2.68. The molecular formula is C16H14O4. The molecule has 20 heavy (non-hydrogen) atoms. The number of carbonyl (C=O) groups excluding carboxylic acids is 1. The van der Waals surface area contributed by atoms with Crippen LogP contribution in [0.1, 0.15) is 10.4 Å². The molecule has 4 nitrogen and oxygen atoms in total. The fourth-order valence-electron chi connectivity index (χ4n) is 1.97. The predicted molar refractivity (Wildman–Crippen MR) is 73.1 cm³/mol. The molecule has 0 bridgehead atoms. The minimum Gasteiger partial charge on any atom is -0.486 e. The fraction of sp³-hybridized carbons (Fsp3) is 0.188. The van der Waals surface area contributed by atoms with Crippen LogP contribution in [0, 0.1) is 0 Å². The zero-order chi connectivity index (χ0) is 13.8. The summed E-state index contributed by atoms with van der Waals surface area (Å²) in [5.41, 5.74) is 0.532. The molecule has 4 heteroatoms. The molecule has 1 heterocycles. The van der Waals surface area contributed by atoms with Gasteiger partial charge in [-0.15, -0.1) is 0 Å². The minimum absolute atomic E-state index is 0.169. The van der Waals surface area contributed by atoms with Gasteiger partial charge in [-0.2, -0.15) is 0 Å². The van der Waals surface area contributed by atoms with Crippen molar-refractivity contribution >= 4 is 5.97 Å². The standard InChI is InChI=1S/C16H14O4/c17-16(12-6-2-1-3-7-12)19-11-13-10-18-14-8-4-5-9-15(14)20-13/h1-9,13H,10-11H2. The normalized spacial score (nSPS) is 16.5. The molecular weight excluding hydrogens is 256 g/mol. The van der Waals surface area contributed by atoms with Gasteiger partial charge in [-0.1, -0.05) is 30.3 Å². The summed E-state index contributed by atoms with van der Waals surface area (Å²) in [6.45, 7) is 0.543. The first kappa shape index (κ1) is 12.5. The molecule has 0 amide bonds. The maximum absolute atomic E-state index is 11.8. The molecule has 2 aromatic rings. The van der Waals surface area contributed by atoms with Crippen LogP contribution in [0.3, 0.4) is 0 Å². The van der Waals surface area contributed by atoms with Gasteiger partial charge in [0.2, 0.25) is 0 Å². The van der Waals surface area contributed by atoms with Gasteiger partial charge in [-0.3, -0.25) is 0 Å². The van der Waals surface area contributed by atoms with Gasteiger partial charge < -0.3 is 14.2 Å². The van der Waals surface area contributed by atoms with Crippen molar-refractivity contribution in [2.24, 2.45) is 0 Å². The summed E-state index contributed by atoms with van der Waals surface area (Å²) in [5, 5.41) is 0. The summed E-state index contributed by atoms with van der Waals surface area (Å²) >= 11 is 0.